The van der Waals surface area contributed by atoms with E-state index in [0.29, 0.717) is 29.5 Å². The third kappa shape index (κ3) is 5.65. The van der Waals surface area contributed by atoms with E-state index in [9.17, 15) is 4.79 Å². The maximum absolute atomic E-state index is 11.5. The Morgan fingerprint density at radius 3 is 2.86 bits per heavy atom. The van der Waals surface area contributed by atoms with Crippen molar-refractivity contribution < 1.29 is 14.3 Å². The number of nitrogens with one attached hydrogen (secondary N) is 1. The van der Waals surface area contributed by atoms with Crippen LogP contribution < -0.4 is 20.5 Å². The van der Waals surface area contributed by atoms with E-state index >= 15 is 0 Å². The number of methoxy groups -OCH3 is 1. The van der Waals surface area contributed by atoms with Gasteiger partial charge in [-0.2, -0.15) is 0 Å². The summed E-state index contributed by atoms with van der Waals surface area (Å²) in [6, 6.07) is 3.60. The van der Waals surface area contributed by atoms with Gasteiger partial charge in [0, 0.05) is 12.6 Å². The minimum atomic E-state index is -0.257. The van der Waals surface area contributed by atoms with Crippen LogP contribution in [-0.2, 0) is 11.2 Å². The molecule has 0 spiro atoms. The number of ether oxygens (including phenoxy) is 2. The van der Waals surface area contributed by atoms with Crippen LogP contribution in [-0.4, -0.2) is 32.2 Å². The molecule has 1 aromatic carbocycles. The number of amides is 1. The van der Waals surface area contributed by atoms with Crippen molar-refractivity contribution in [3.63, 3.8) is 0 Å². The first-order valence-electron chi connectivity index (χ1n) is 6.60. The second-order valence-corrected chi connectivity index (χ2v) is 5.08. The number of hydrogen-bond donors (Lipinski definition) is 2. The molecule has 3 N–H and O–H groups in total. The minimum Gasteiger partial charge on any atom is -0.493 e. The molecule has 0 radical (unpaired) electrons. The minimum absolute atomic E-state index is 0.0159. The lowest BCUT2D eigenvalue weighted by Gasteiger charge is -2.14. The maximum atomic E-state index is 11.5. The number of benzene rings is 1. The summed E-state index contributed by atoms with van der Waals surface area (Å²) in [4.78, 5) is 11.5. The molecule has 1 unspecified atom stereocenters. The predicted octanol–water partition coefficient (Wildman–Crippen LogP) is 1.92. The van der Waals surface area contributed by atoms with Crippen LogP contribution in [0, 0.1) is 0 Å². The zero-order valence-corrected chi connectivity index (χ0v) is 13.1. The first-order chi connectivity index (χ1) is 9.97. The van der Waals surface area contributed by atoms with Crippen molar-refractivity contribution >= 4 is 17.5 Å². The zero-order valence-electron chi connectivity index (χ0n) is 12.3. The maximum Gasteiger partial charge on any atom is 0.258 e. The van der Waals surface area contributed by atoms with E-state index in [4.69, 9.17) is 26.8 Å². The Morgan fingerprint density at radius 1 is 1.57 bits per heavy atom. The van der Waals surface area contributed by atoms with Crippen LogP contribution in [0.3, 0.4) is 0 Å². The van der Waals surface area contributed by atoms with E-state index in [0.717, 1.165) is 5.56 Å². The van der Waals surface area contributed by atoms with E-state index in [-0.39, 0.29) is 18.6 Å². The number of halogens is 1. The number of hydrogen-bond acceptors (Lipinski definition) is 4. The highest BCUT2D eigenvalue weighted by Crippen LogP contribution is 2.36. The van der Waals surface area contributed by atoms with Crippen LogP contribution in [0.2, 0.25) is 5.02 Å². The van der Waals surface area contributed by atoms with Gasteiger partial charge < -0.3 is 20.5 Å². The van der Waals surface area contributed by atoms with Crippen molar-refractivity contribution in [1.82, 2.24) is 5.32 Å². The molecule has 21 heavy (non-hydrogen) atoms. The molecular formula is C15H21ClN2O3. The Labute approximate surface area is 130 Å². The highest BCUT2D eigenvalue weighted by molar-refractivity contribution is 6.32. The Bertz CT molecular complexity index is 504. The van der Waals surface area contributed by atoms with E-state index < -0.39 is 0 Å². The molecule has 0 aliphatic heterocycles. The van der Waals surface area contributed by atoms with E-state index in [1.54, 1.807) is 12.1 Å². The summed E-state index contributed by atoms with van der Waals surface area (Å²) in [5, 5.41) is 3.00. The molecule has 116 valence electrons. The third-order valence-corrected chi connectivity index (χ3v) is 2.92. The fraction of sp³-hybridized carbons (Fsp3) is 0.400. The standard InChI is InChI=1S/C15H21ClN2O3/c1-4-5-18-14(19)9-21-15-12(16)7-11(6-10(2)17)8-13(15)20-3/h4,7-8,10H,1,5-6,9,17H2,2-3H3,(H,18,19). The van der Waals surface area contributed by atoms with Gasteiger partial charge >= 0.3 is 0 Å². The first kappa shape index (κ1) is 17.3. The van der Waals surface area contributed by atoms with Gasteiger partial charge in [-0.15, -0.1) is 6.58 Å². The molecule has 0 saturated heterocycles. The molecule has 6 heteroatoms. The molecule has 5 nitrogen and oxygen atoms in total. The normalized spacial score (nSPS) is 11.6. The molecule has 0 bridgehead atoms. The van der Waals surface area contributed by atoms with Gasteiger partial charge in [-0.25, -0.2) is 0 Å². The summed E-state index contributed by atoms with van der Waals surface area (Å²) in [7, 11) is 1.52. The van der Waals surface area contributed by atoms with Crippen molar-refractivity contribution in [1.29, 1.82) is 0 Å². The van der Waals surface area contributed by atoms with Gasteiger partial charge in [-0.3, -0.25) is 4.79 Å². The molecule has 0 aromatic heterocycles. The monoisotopic (exact) mass is 312 g/mol. The quantitative estimate of drug-likeness (QED) is 0.719. The lowest BCUT2D eigenvalue weighted by atomic mass is 10.1. The van der Waals surface area contributed by atoms with Gasteiger partial charge in [0.15, 0.2) is 18.1 Å². The van der Waals surface area contributed by atoms with Gasteiger partial charge in [-0.05, 0) is 31.0 Å². The largest absolute Gasteiger partial charge is 0.493 e. The van der Waals surface area contributed by atoms with Crippen molar-refractivity contribution in [2.45, 2.75) is 19.4 Å². The molecule has 1 amide bonds. The smallest absolute Gasteiger partial charge is 0.258 e. The molecule has 1 atom stereocenters. The van der Waals surface area contributed by atoms with Gasteiger partial charge in [0.05, 0.1) is 12.1 Å². The van der Waals surface area contributed by atoms with Crippen LogP contribution in [0.4, 0.5) is 0 Å². The SMILES string of the molecule is C=CCNC(=O)COc1c(Cl)cc(CC(C)N)cc1OC. The average Bonchev–Trinajstić information content (AvgIpc) is 2.42. The molecule has 0 saturated carbocycles. The Kier molecular flexibility index (Phi) is 7.05. The zero-order chi connectivity index (χ0) is 15.8. The molecular weight excluding hydrogens is 292 g/mol. The molecule has 0 aliphatic rings. The van der Waals surface area contributed by atoms with E-state index in [1.807, 2.05) is 13.0 Å². The van der Waals surface area contributed by atoms with Gasteiger partial charge in [0.2, 0.25) is 0 Å². The van der Waals surface area contributed by atoms with E-state index in [2.05, 4.69) is 11.9 Å². The van der Waals surface area contributed by atoms with Crippen molar-refractivity contribution in [3.05, 3.63) is 35.4 Å². The Balaban J connectivity index is 2.81. The summed E-state index contributed by atoms with van der Waals surface area (Å²) >= 11 is 6.19. The van der Waals surface area contributed by atoms with Crippen LogP contribution in [0.15, 0.2) is 24.8 Å². The third-order valence-electron chi connectivity index (χ3n) is 2.64. The van der Waals surface area contributed by atoms with Crippen molar-refractivity contribution in [3.8, 4) is 11.5 Å². The number of rotatable bonds is 8. The highest BCUT2D eigenvalue weighted by Gasteiger charge is 2.14. The Hall–Kier alpha value is -1.72. The molecule has 0 heterocycles. The summed E-state index contributed by atoms with van der Waals surface area (Å²) in [6.45, 7) is 5.68. The topological polar surface area (TPSA) is 73.6 Å². The lowest BCUT2D eigenvalue weighted by molar-refractivity contribution is -0.122. The lowest BCUT2D eigenvalue weighted by Crippen LogP contribution is -2.28. The molecule has 0 aliphatic carbocycles. The predicted molar refractivity (Wildman–Crippen MR) is 84.1 cm³/mol. The summed E-state index contributed by atoms with van der Waals surface area (Å²) < 4.78 is 10.7. The van der Waals surface area contributed by atoms with Gasteiger partial charge in [0.1, 0.15) is 0 Å². The Morgan fingerprint density at radius 2 is 2.29 bits per heavy atom. The van der Waals surface area contributed by atoms with Crippen molar-refractivity contribution in [2.75, 3.05) is 20.3 Å². The first-order valence-corrected chi connectivity index (χ1v) is 6.98. The van der Waals surface area contributed by atoms with Gasteiger partial charge in [-0.1, -0.05) is 17.7 Å². The van der Waals surface area contributed by atoms with Crippen molar-refractivity contribution in [2.24, 2.45) is 5.73 Å². The van der Waals surface area contributed by atoms with Crippen LogP contribution in [0.25, 0.3) is 0 Å². The fourth-order valence-corrected chi connectivity index (χ4v) is 2.07. The second kappa shape index (κ2) is 8.54. The highest BCUT2D eigenvalue weighted by atomic mass is 35.5. The summed E-state index contributed by atoms with van der Waals surface area (Å²) in [6.07, 6.45) is 2.27. The fourth-order valence-electron chi connectivity index (χ4n) is 1.78. The van der Waals surface area contributed by atoms with Gasteiger partial charge in [0.25, 0.3) is 5.91 Å². The molecule has 0 fully saturated rings. The van der Waals surface area contributed by atoms with Crippen LogP contribution >= 0.6 is 11.6 Å². The summed E-state index contributed by atoms with van der Waals surface area (Å²) in [5.74, 6) is 0.573. The average molecular weight is 313 g/mol. The van der Waals surface area contributed by atoms with E-state index in [1.165, 1.54) is 7.11 Å². The van der Waals surface area contributed by atoms with Crippen LogP contribution in [0.5, 0.6) is 11.5 Å². The number of carbonyl (C=O) groups excluding carboxylic acids is 1. The number of nitrogens with two attached hydrogens (primary N) is 1. The van der Waals surface area contributed by atoms with Crippen LogP contribution in [0.1, 0.15) is 12.5 Å². The number of carbonyl (C=O) groups is 1. The summed E-state index contributed by atoms with van der Waals surface area (Å²) in [5.41, 5.74) is 6.73. The molecule has 1 aromatic rings. The molecule has 1 rings (SSSR count). The second-order valence-electron chi connectivity index (χ2n) is 4.67.